The maximum absolute atomic E-state index is 5.43. The third kappa shape index (κ3) is 3.67. The van der Waals surface area contributed by atoms with Gasteiger partial charge in [0, 0.05) is 19.6 Å². The minimum Gasteiger partial charge on any atom is -0.493 e. The Hall–Kier alpha value is -2.00. The third-order valence-electron chi connectivity index (χ3n) is 4.63. The molecule has 0 amide bonds. The van der Waals surface area contributed by atoms with Crippen molar-refractivity contribution in [3.05, 3.63) is 58.7 Å². The first-order valence-corrected chi connectivity index (χ1v) is 8.21. The maximum Gasteiger partial charge on any atom is 0.161 e. The van der Waals surface area contributed by atoms with Gasteiger partial charge in [-0.1, -0.05) is 29.8 Å². The summed E-state index contributed by atoms with van der Waals surface area (Å²) in [6.07, 6.45) is 2.17. The van der Waals surface area contributed by atoms with Crippen molar-refractivity contribution in [1.29, 1.82) is 0 Å². The summed E-state index contributed by atoms with van der Waals surface area (Å²) in [5, 5.41) is 0. The molecule has 0 aromatic heterocycles. The summed E-state index contributed by atoms with van der Waals surface area (Å²) in [7, 11) is 3.39. The van der Waals surface area contributed by atoms with Gasteiger partial charge in [0.05, 0.1) is 14.2 Å². The topological polar surface area (TPSA) is 21.7 Å². The van der Waals surface area contributed by atoms with Gasteiger partial charge in [0.1, 0.15) is 0 Å². The number of methoxy groups -OCH3 is 2. The van der Waals surface area contributed by atoms with Gasteiger partial charge in [0.2, 0.25) is 0 Å². The van der Waals surface area contributed by atoms with E-state index in [4.69, 9.17) is 9.47 Å². The summed E-state index contributed by atoms with van der Waals surface area (Å²) in [6, 6.07) is 13.1. The molecule has 1 aliphatic rings. The lowest BCUT2D eigenvalue weighted by molar-refractivity contribution is 0.255. The Morgan fingerprint density at radius 1 is 0.957 bits per heavy atom. The predicted molar refractivity (Wildman–Crippen MR) is 93.4 cm³/mol. The molecule has 3 heteroatoms. The SMILES string of the molecule is COc1cc2c(cc1OC)CN(CCc1ccc(C)cc1)CC2. The van der Waals surface area contributed by atoms with Crippen molar-refractivity contribution in [3.63, 3.8) is 0 Å². The molecule has 0 radical (unpaired) electrons. The monoisotopic (exact) mass is 311 g/mol. The zero-order valence-electron chi connectivity index (χ0n) is 14.3. The number of nitrogens with zero attached hydrogens (tertiary/aromatic N) is 1. The first-order chi connectivity index (χ1) is 11.2. The van der Waals surface area contributed by atoms with Gasteiger partial charge in [-0.25, -0.2) is 0 Å². The fourth-order valence-corrected chi connectivity index (χ4v) is 3.17. The molecule has 23 heavy (non-hydrogen) atoms. The van der Waals surface area contributed by atoms with Gasteiger partial charge in [-0.2, -0.15) is 0 Å². The second kappa shape index (κ2) is 7.05. The largest absolute Gasteiger partial charge is 0.493 e. The predicted octanol–water partition coefficient (Wildman–Crippen LogP) is 3.61. The first kappa shape index (κ1) is 15.9. The van der Waals surface area contributed by atoms with E-state index in [1.165, 1.54) is 22.3 Å². The molecule has 0 fully saturated rings. The van der Waals surface area contributed by atoms with Gasteiger partial charge in [0.15, 0.2) is 11.5 Å². The van der Waals surface area contributed by atoms with Crippen LogP contribution in [0.1, 0.15) is 22.3 Å². The quantitative estimate of drug-likeness (QED) is 0.842. The molecule has 0 saturated carbocycles. The molecule has 0 atom stereocenters. The van der Waals surface area contributed by atoms with E-state index in [0.717, 1.165) is 44.0 Å². The number of hydrogen-bond donors (Lipinski definition) is 0. The zero-order valence-corrected chi connectivity index (χ0v) is 14.3. The number of aryl methyl sites for hydroxylation is 1. The fourth-order valence-electron chi connectivity index (χ4n) is 3.17. The van der Waals surface area contributed by atoms with Crippen LogP contribution in [0, 0.1) is 6.92 Å². The summed E-state index contributed by atoms with van der Waals surface area (Å²) < 4.78 is 10.8. The zero-order chi connectivity index (χ0) is 16.2. The molecule has 0 unspecified atom stereocenters. The molecule has 3 rings (SSSR count). The average Bonchev–Trinajstić information content (AvgIpc) is 2.59. The van der Waals surface area contributed by atoms with E-state index in [2.05, 4.69) is 48.2 Å². The van der Waals surface area contributed by atoms with E-state index in [1.54, 1.807) is 14.2 Å². The minimum atomic E-state index is 0.826. The Morgan fingerprint density at radius 2 is 1.61 bits per heavy atom. The fraction of sp³-hybridized carbons (Fsp3) is 0.400. The summed E-state index contributed by atoms with van der Waals surface area (Å²) >= 11 is 0. The Kier molecular flexibility index (Phi) is 4.87. The van der Waals surface area contributed by atoms with E-state index in [9.17, 15) is 0 Å². The van der Waals surface area contributed by atoms with Crippen LogP contribution >= 0.6 is 0 Å². The second-order valence-corrected chi connectivity index (χ2v) is 6.24. The van der Waals surface area contributed by atoms with E-state index in [-0.39, 0.29) is 0 Å². The number of hydrogen-bond acceptors (Lipinski definition) is 3. The summed E-state index contributed by atoms with van der Waals surface area (Å²) in [5.41, 5.74) is 5.47. The van der Waals surface area contributed by atoms with Gasteiger partial charge in [-0.3, -0.25) is 4.90 Å². The van der Waals surface area contributed by atoms with E-state index in [0.29, 0.717) is 0 Å². The van der Waals surface area contributed by atoms with Crippen LogP contribution in [-0.2, 0) is 19.4 Å². The van der Waals surface area contributed by atoms with E-state index < -0.39 is 0 Å². The molecule has 0 spiro atoms. The van der Waals surface area contributed by atoms with E-state index in [1.807, 2.05) is 0 Å². The van der Waals surface area contributed by atoms with Gasteiger partial charge >= 0.3 is 0 Å². The van der Waals surface area contributed by atoms with Crippen LogP contribution in [0.2, 0.25) is 0 Å². The highest BCUT2D eigenvalue weighted by Crippen LogP contribution is 2.33. The van der Waals surface area contributed by atoms with Crippen molar-refractivity contribution in [2.24, 2.45) is 0 Å². The highest BCUT2D eigenvalue weighted by atomic mass is 16.5. The molecule has 1 aliphatic heterocycles. The standard InChI is InChI=1S/C20H25NO2/c1-15-4-6-16(7-5-15)8-10-21-11-9-17-12-19(22-2)20(23-3)13-18(17)14-21/h4-7,12-13H,8-11,14H2,1-3H3. The smallest absolute Gasteiger partial charge is 0.161 e. The van der Waals surface area contributed by atoms with Gasteiger partial charge < -0.3 is 9.47 Å². The molecular formula is C20H25NO2. The number of fused-ring (bicyclic) bond motifs is 1. The van der Waals surface area contributed by atoms with Crippen LogP contribution in [0.5, 0.6) is 11.5 Å². The summed E-state index contributed by atoms with van der Waals surface area (Å²) in [5.74, 6) is 1.66. The molecule has 0 aliphatic carbocycles. The van der Waals surface area contributed by atoms with Crippen LogP contribution in [0.3, 0.4) is 0 Å². The second-order valence-electron chi connectivity index (χ2n) is 6.24. The highest BCUT2D eigenvalue weighted by Gasteiger charge is 2.19. The normalized spacial score (nSPS) is 14.4. The Labute approximate surface area is 138 Å². The third-order valence-corrected chi connectivity index (χ3v) is 4.63. The highest BCUT2D eigenvalue weighted by molar-refractivity contribution is 5.48. The van der Waals surface area contributed by atoms with Crippen molar-refractivity contribution in [2.75, 3.05) is 27.3 Å². The van der Waals surface area contributed by atoms with Crippen molar-refractivity contribution in [3.8, 4) is 11.5 Å². The number of rotatable bonds is 5. The lowest BCUT2D eigenvalue weighted by Gasteiger charge is -2.29. The molecule has 0 saturated heterocycles. The Balaban J connectivity index is 1.66. The Bertz CT molecular complexity index is 664. The van der Waals surface area contributed by atoms with Gasteiger partial charge in [-0.15, -0.1) is 0 Å². The van der Waals surface area contributed by atoms with Crippen LogP contribution in [0.15, 0.2) is 36.4 Å². The molecule has 0 N–H and O–H groups in total. The molecule has 1 heterocycles. The number of benzene rings is 2. The van der Waals surface area contributed by atoms with Gasteiger partial charge in [0.25, 0.3) is 0 Å². The van der Waals surface area contributed by atoms with E-state index >= 15 is 0 Å². The van der Waals surface area contributed by atoms with Crippen molar-refractivity contribution >= 4 is 0 Å². The first-order valence-electron chi connectivity index (χ1n) is 8.21. The lowest BCUT2D eigenvalue weighted by atomic mass is 9.98. The average molecular weight is 311 g/mol. The Morgan fingerprint density at radius 3 is 2.26 bits per heavy atom. The maximum atomic E-state index is 5.43. The van der Waals surface area contributed by atoms with Crippen molar-refractivity contribution in [1.82, 2.24) is 4.90 Å². The molecule has 2 aromatic rings. The molecular weight excluding hydrogens is 286 g/mol. The van der Waals surface area contributed by atoms with Crippen LogP contribution in [-0.4, -0.2) is 32.2 Å². The van der Waals surface area contributed by atoms with Crippen LogP contribution < -0.4 is 9.47 Å². The molecule has 0 bridgehead atoms. The molecule has 122 valence electrons. The van der Waals surface area contributed by atoms with Gasteiger partial charge in [-0.05, 0) is 48.6 Å². The molecule has 3 nitrogen and oxygen atoms in total. The molecule has 2 aromatic carbocycles. The summed E-state index contributed by atoms with van der Waals surface area (Å²) in [4.78, 5) is 2.52. The van der Waals surface area contributed by atoms with Crippen LogP contribution in [0.4, 0.5) is 0 Å². The summed E-state index contributed by atoms with van der Waals surface area (Å²) in [6.45, 7) is 5.32. The van der Waals surface area contributed by atoms with Crippen LogP contribution in [0.25, 0.3) is 0 Å². The van der Waals surface area contributed by atoms with Crippen molar-refractivity contribution < 1.29 is 9.47 Å². The lowest BCUT2D eigenvalue weighted by Crippen LogP contribution is -2.32. The number of ether oxygens (including phenoxy) is 2. The minimum absolute atomic E-state index is 0.826. The van der Waals surface area contributed by atoms with Crippen molar-refractivity contribution in [2.45, 2.75) is 26.3 Å².